The summed E-state index contributed by atoms with van der Waals surface area (Å²) in [4.78, 5) is 24.3. The van der Waals surface area contributed by atoms with E-state index in [0.29, 0.717) is 6.54 Å². The standard InChI is InChI=1S/C13H20N4O3/c1-9(18)15-10-3-5-17(6-4-10)8-12-11(13(19)20)7-14-16(12)2/h7,10H,3-6,8H2,1-2H3,(H,15,18)(H,19,20). The molecule has 0 unspecified atom stereocenters. The minimum absolute atomic E-state index is 0.00301. The van der Waals surface area contributed by atoms with Crippen molar-refractivity contribution in [2.75, 3.05) is 13.1 Å². The van der Waals surface area contributed by atoms with Gasteiger partial charge in [-0.25, -0.2) is 4.79 Å². The first-order chi connectivity index (χ1) is 9.47. The van der Waals surface area contributed by atoms with E-state index < -0.39 is 5.97 Å². The van der Waals surface area contributed by atoms with E-state index in [1.165, 1.54) is 13.1 Å². The first-order valence-electron chi connectivity index (χ1n) is 6.71. The third-order valence-corrected chi connectivity index (χ3v) is 3.66. The lowest BCUT2D eigenvalue weighted by Gasteiger charge is -2.32. The molecule has 0 radical (unpaired) electrons. The number of rotatable bonds is 4. The number of piperidine rings is 1. The van der Waals surface area contributed by atoms with Gasteiger partial charge in [0.15, 0.2) is 0 Å². The number of carbonyl (C=O) groups excluding carboxylic acids is 1. The highest BCUT2D eigenvalue weighted by atomic mass is 16.4. The van der Waals surface area contributed by atoms with Crippen molar-refractivity contribution in [3.05, 3.63) is 17.5 Å². The Kier molecular flexibility index (Phi) is 4.39. The Morgan fingerprint density at radius 3 is 2.65 bits per heavy atom. The zero-order valence-electron chi connectivity index (χ0n) is 11.8. The summed E-state index contributed by atoms with van der Waals surface area (Å²) < 4.78 is 1.61. The third-order valence-electron chi connectivity index (χ3n) is 3.66. The molecule has 1 fully saturated rings. The van der Waals surface area contributed by atoms with Gasteiger partial charge in [0.1, 0.15) is 5.56 Å². The minimum Gasteiger partial charge on any atom is -0.478 e. The normalized spacial score (nSPS) is 17.1. The van der Waals surface area contributed by atoms with Crippen LogP contribution >= 0.6 is 0 Å². The van der Waals surface area contributed by atoms with Gasteiger partial charge in [0.2, 0.25) is 5.91 Å². The van der Waals surface area contributed by atoms with Crippen molar-refractivity contribution in [1.29, 1.82) is 0 Å². The first-order valence-corrected chi connectivity index (χ1v) is 6.71. The lowest BCUT2D eigenvalue weighted by Crippen LogP contribution is -2.43. The number of likely N-dealkylation sites (tertiary alicyclic amines) is 1. The van der Waals surface area contributed by atoms with E-state index in [9.17, 15) is 9.59 Å². The van der Waals surface area contributed by atoms with Crippen LogP contribution in [0.5, 0.6) is 0 Å². The van der Waals surface area contributed by atoms with Gasteiger partial charge in [-0.15, -0.1) is 0 Å². The van der Waals surface area contributed by atoms with Gasteiger partial charge in [0.05, 0.1) is 11.9 Å². The number of aromatic nitrogens is 2. The molecule has 1 aliphatic rings. The van der Waals surface area contributed by atoms with E-state index >= 15 is 0 Å². The van der Waals surface area contributed by atoms with Gasteiger partial charge >= 0.3 is 5.97 Å². The molecule has 0 bridgehead atoms. The Bertz CT molecular complexity index is 504. The number of hydrogen-bond acceptors (Lipinski definition) is 4. The van der Waals surface area contributed by atoms with Gasteiger partial charge in [-0.3, -0.25) is 14.4 Å². The molecule has 0 saturated carbocycles. The van der Waals surface area contributed by atoms with Crippen LogP contribution in [-0.2, 0) is 18.4 Å². The Morgan fingerprint density at radius 2 is 2.10 bits per heavy atom. The monoisotopic (exact) mass is 280 g/mol. The van der Waals surface area contributed by atoms with Crippen molar-refractivity contribution < 1.29 is 14.7 Å². The highest BCUT2D eigenvalue weighted by molar-refractivity contribution is 5.88. The van der Waals surface area contributed by atoms with Crippen molar-refractivity contribution >= 4 is 11.9 Å². The maximum atomic E-state index is 11.1. The summed E-state index contributed by atoms with van der Waals surface area (Å²) in [5.41, 5.74) is 0.979. The van der Waals surface area contributed by atoms with Crippen molar-refractivity contribution in [1.82, 2.24) is 20.0 Å². The fraction of sp³-hybridized carbons (Fsp3) is 0.615. The minimum atomic E-state index is -0.943. The molecular weight excluding hydrogens is 260 g/mol. The van der Waals surface area contributed by atoms with Crippen molar-refractivity contribution in [2.24, 2.45) is 7.05 Å². The van der Waals surface area contributed by atoms with E-state index in [1.807, 2.05) is 0 Å². The topological polar surface area (TPSA) is 87.5 Å². The second-order valence-electron chi connectivity index (χ2n) is 5.18. The molecule has 110 valence electrons. The molecule has 7 nitrogen and oxygen atoms in total. The van der Waals surface area contributed by atoms with Gasteiger partial charge in [-0.2, -0.15) is 5.10 Å². The summed E-state index contributed by atoms with van der Waals surface area (Å²) in [7, 11) is 1.76. The van der Waals surface area contributed by atoms with Crippen LogP contribution in [0.1, 0.15) is 35.8 Å². The number of hydrogen-bond donors (Lipinski definition) is 2. The van der Waals surface area contributed by atoms with Crippen molar-refractivity contribution in [3.8, 4) is 0 Å². The maximum absolute atomic E-state index is 11.1. The molecule has 1 aromatic rings. The van der Waals surface area contributed by atoms with Crippen LogP contribution in [0.25, 0.3) is 0 Å². The van der Waals surface area contributed by atoms with Crippen LogP contribution in [0.15, 0.2) is 6.20 Å². The number of carboxylic acid groups (broad SMARTS) is 1. The maximum Gasteiger partial charge on any atom is 0.339 e. The second kappa shape index (κ2) is 6.04. The van der Waals surface area contributed by atoms with E-state index in [4.69, 9.17) is 5.11 Å². The summed E-state index contributed by atoms with van der Waals surface area (Å²) in [5, 5.41) is 16.1. The summed E-state index contributed by atoms with van der Waals surface area (Å²) >= 11 is 0. The lowest BCUT2D eigenvalue weighted by molar-refractivity contribution is -0.120. The zero-order valence-corrected chi connectivity index (χ0v) is 11.8. The average molecular weight is 280 g/mol. The van der Waals surface area contributed by atoms with E-state index in [1.54, 1.807) is 11.7 Å². The van der Waals surface area contributed by atoms with Crippen LogP contribution in [0, 0.1) is 0 Å². The smallest absolute Gasteiger partial charge is 0.339 e. The third kappa shape index (κ3) is 3.36. The van der Waals surface area contributed by atoms with Gasteiger partial charge in [-0.05, 0) is 12.8 Å². The molecule has 7 heteroatoms. The predicted octanol–water partition coefficient (Wildman–Crippen LogP) is 0.219. The zero-order chi connectivity index (χ0) is 14.7. The highest BCUT2D eigenvalue weighted by Gasteiger charge is 2.23. The summed E-state index contributed by atoms with van der Waals surface area (Å²) in [6.45, 7) is 3.79. The Labute approximate surface area is 117 Å². The number of nitrogens with one attached hydrogen (secondary N) is 1. The first kappa shape index (κ1) is 14.5. The van der Waals surface area contributed by atoms with Gasteiger partial charge in [0.25, 0.3) is 0 Å². The molecule has 1 aromatic heterocycles. The van der Waals surface area contributed by atoms with E-state index in [0.717, 1.165) is 31.6 Å². The molecule has 20 heavy (non-hydrogen) atoms. The molecule has 2 heterocycles. The Balaban J connectivity index is 1.94. The van der Waals surface area contributed by atoms with Crippen molar-refractivity contribution in [3.63, 3.8) is 0 Å². The number of aromatic carboxylic acids is 1. The molecule has 1 saturated heterocycles. The summed E-state index contributed by atoms with van der Waals surface area (Å²) in [6.07, 6.45) is 3.17. The molecule has 0 spiro atoms. The SMILES string of the molecule is CC(=O)NC1CCN(Cc2c(C(=O)O)cnn2C)CC1. The summed E-state index contributed by atoms with van der Waals surface area (Å²) in [6, 6.07) is 0.231. The molecule has 2 rings (SSSR count). The van der Waals surface area contributed by atoms with Crippen LogP contribution < -0.4 is 5.32 Å². The van der Waals surface area contributed by atoms with Crippen LogP contribution in [0.2, 0.25) is 0 Å². The Hall–Kier alpha value is -1.89. The van der Waals surface area contributed by atoms with Gasteiger partial charge in [-0.1, -0.05) is 0 Å². The van der Waals surface area contributed by atoms with Crippen LogP contribution in [0.3, 0.4) is 0 Å². The Morgan fingerprint density at radius 1 is 1.45 bits per heavy atom. The van der Waals surface area contributed by atoms with E-state index in [-0.39, 0.29) is 17.5 Å². The highest BCUT2D eigenvalue weighted by Crippen LogP contribution is 2.16. The molecule has 2 N–H and O–H groups in total. The molecular formula is C13H20N4O3. The molecule has 1 amide bonds. The average Bonchev–Trinajstić information content (AvgIpc) is 2.73. The van der Waals surface area contributed by atoms with Gasteiger partial charge in [0, 0.05) is 39.6 Å². The lowest BCUT2D eigenvalue weighted by atomic mass is 10.0. The molecule has 0 aliphatic carbocycles. The number of amides is 1. The van der Waals surface area contributed by atoms with Crippen molar-refractivity contribution in [2.45, 2.75) is 32.4 Å². The van der Waals surface area contributed by atoms with Gasteiger partial charge < -0.3 is 10.4 Å². The quantitative estimate of drug-likeness (QED) is 0.823. The number of carbonyl (C=O) groups is 2. The largest absolute Gasteiger partial charge is 0.478 e. The predicted molar refractivity (Wildman–Crippen MR) is 72.3 cm³/mol. The fourth-order valence-corrected chi connectivity index (χ4v) is 2.56. The number of carboxylic acids is 1. The fourth-order valence-electron chi connectivity index (χ4n) is 2.56. The van der Waals surface area contributed by atoms with Crippen LogP contribution in [-0.4, -0.2) is 50.8 Å². The molecule has 1 aliphatic heterocycles. The second-order valence-corrected chi connectivity index (χ2v) is 5.18. The molecule has 0 aromatic carbocycles. The van der Waals surface area contributed by atoms with Crippen LogP contribution in [0.4, 0.5) is 0 Å². The van der Waals surface area contributed by atoms with E-state index in [2.05, 4.69) is 15.3 Å². The number of nitrogens with zero attached hydrogens (tertiary/aromatic N) is 3. The summed E-state index contributed by atoms with van der Waals surface area (Å²) in [5.74, 6) is -0.940. The number of aryl methyl sites for hydroxylation is 1. The molecule has 0 atom stereocenters.